The molecule has 2 amide bonds. The summed E-state index contributed by atoms with van der Waals surface area (Å²) in [6, 6.07) is 13.9. The molecule has 0 aliphatic carbocycles. The third-order valence-corrected chi connectivity index (χ3v) is 6.32. The molecule has 0 bridgehead atoms. The molecule has 0 radical (unpaired) electrons. The first-order valence-electron chi connectivity index (χ1n) is 11.3. The number of hydrogen-bond acceptors (Lipinski definition) is 6. The predicted molar refractivity (Wildman–Crippen MR) is 132 cm³/mol. The fraction of sp³-hybridized carbons (Fsp3) is 0.296. The van der Waals surface area contributed by atoms with Gasteiger partial charge >= 0.3 is 0 Å². The van der Waals surface area contributed by atoms with Gasteiger partial charge in [-0.3, -0.25) is 14.6 Å². The molecule has 0 fully saturated rings. The van der Waals surface area contributed by atoms with Crippen LogP contribution in [0.1, 0.15) is 40.4 Å². The molecule has 4 rings (SSSR count). The number of anilines is 1. The van der Waals surface area contributed by atoms with E-state index >= 15 is 0 Å². The highest BCUT2D eigenvalue weighted by molar-refractivity contribution is 6.06. The second kappa shape index (κ2) is 10.0. The minimum atomic E-state index is -0.726. The van der Waals surface area contributed by atoms with Crippen molar-refractivity contribution in [2.24, 2.45) is 0 Å². The molecule has 0 spiro atoms. The first kappa shape index (κ1) is 24.1. The zero-order valence-electron chi connectivity index (χ0n) is 20.5. The van der Waals surface area contributed by atoms with Gasteiger partial charge in [-0.25, -0.2) is 0 Å². The minimum absolute atomic E-state index is 0.196. The van der Waals surface area contributed by atoms with Gasteiger partial charge in [0, 0.05) is 32.1 Å². The Morgan fingerprint density at radius 2 is 1.77 bits per heavy atom. The second-order valence-corrected chi connectivity index (χ2v) is 8.22. The monoisotopic (exact) mass is 475 g/mol. The van der Waals surface area contributed by atoms with Gasteiger partial charge in [0.25, 0.3) is 5.91 Å². The van der Waals surface area contributed by atoms with Crippen LogP contribution in [0.25, 0.3) is 0 Å². The molecule has 3 aromatic rings. The summed E-state index contributed by atoms with van der Waals surface area (Å²) in [5.41, 5.74) is 2.37. The number of carbonyl (C=O) groups is 2. The number of amides is 2. The van der Waals surface area contributed by atoms with Crippen molar-refractivity contribution in [2.45, 2.75) is 18.9 Å². The van der Waals surface area contributed by atoms with E-state index < -0.39 is 12.0 Å². The lowest BCUT2D eigenvalue weighted by Crippen LogP contribution is -2.46. The van der Waals surface area contributed by atoms with E-state index in [2.05, 4.69) is 4.98 Å². The average molecular weight is 476 g/mol. The quantitative estimate of drug-likeness (QED) is 0.512. The van der Waals surface area contributed by atoms with Gasteiger partial charge in [-0.1, -0.05) is 18.2 Å². The lowest BCUT2D eigenvalue weighted by Gasteiger charge is -2.41. The molecular formula is C27H29N3O5. The smallest absolute Gasteiger partial charge is 0.254 e. The molecule has 0 N–H and O–H groups in total. The molecule has 0 saturated carbocycles. The van der Waals surface area contributed by atoms with Crippen LogP contribution in [0.3, 0.4) is 0 Å². The maximum Gasteiger partial charge on any atom is 0.254 e. The van der Waals surface area contributed by atoms with Crippen molar-refractivity contribution in [3.05, 3.63) is 77.6 Å². The molecule has 2 aromatic carbocycles. The van der Waals surface area contributed by atoms with Crippen LogP contribution < -0.4 is 19.1 Å². The molecule has 2 atom stereocenters. The number of aromatic nitrogens is 1. The Balaban J connectivity index is 1.91. The molecule has 2 heterocycles. The highest BCUT2D eigenvalue weighted by Gasteiger charge is 2.45. The average Bonchev–Trinajstić information content (AvgIpc) is 2.90. The lowest BCUT2D eigenvalue weighted by atomic mass is 9.79. The van der Waals surface area contributed by atoms with E-state index in [4.69, 9.17) is 14.2 Å². The molecule has 0 unspecified atom stereocenters. The van der Waals surface area contributed by atoms with Gasteiger partial charge in [-0.05, 0) is 48.4 Å². The van der Waals surface area contributed by atoms with Crippen molar-refractivity contribution in [1.29, 1.82) is 0 Å². The Kier molecular flexibility index (Phi) is 6.91. The maximum atomic E-state index is 14.2. The molecule has 35 heavy (non-hydrogen) atoms. The number of ether oxygens (including phenoxy) is 3. The number of benzene rings is 2. The zero-order valence-corrected chi connectivity index (χ0v) is 20.5. The number of fused-ring (bicyclic) bond motifs is 1. The number of likely N-dealkylation sites (N-methyl/N-ethyl adjacent to an activating group) is 2. The third-order valence-electron chi connectivity index (χ3n) is 6.32. The molecule has 8 nitrogen and oxygen atoms in total. The summed E-state index contributed by atoms with van der Waals surface area (Å²) < 4.78 is 16.7. The summed E-state index contributed by atoms with van der Waals surface area (Å²) in [6.45, 7) is 2.37. The summed E-state index contributed by atoms with van der Waals surface area (Å²) in [5.74, 6) is 0.348. The van der Waals surface area contributed by atoms with Crippen LogP contribution >= 0.6 is 0 Å². The molecule has 1 aliphatic rings. The fourth-order valence-corrected chi connectivity index (χ4v) is 4.62. The van der Waals surface area contributed by atoms with E-state index in [1.54, 1.807) is 54.5 Å². The summed E-state index contributed by atoms with van der Waals surface area (Å²) in [4.78, 5) is 35.2. The largest absolute Gasteiger partial charge is 0.493 e. The Bertz CT molecular complexity index is 1230. The van der Waals surface area contributed by atoms with Crippen molar-refractivity contribution in [1.82, 2.24) is 9.88 Å². The van der Waals surface area contributed by atoms with Crippen LogP contribution in [0.2, 0.25) is 0 Å². The summed E-state index contributed by atoms with van der Waals surface area (Å²) in [6.07, 6.45) is 3.35. The second-order valence-electron chi connectivity index (χ2n) is 8.22. The number of carbonyl (C=O) groups excluding carboxylic acids is 2. The Hall–Kier alpha value is -4.07. The maximum absolute atomic E-state index is 14.2. The van der Waals surface area contributed by atoms with Gasteiger partial charge in [-0.15, -0.1) is 0 Å². The highest BCUT2D eigenvalue weighted by Crippen LogP contribution is 2.46. The van der Waals surface area contributed by atoms with Crippen molar-refractivity contribution in [2.75, 3.05) is 39.8 Å². The molecule has 1 aliphatic heterocycles. The topological polar surface area (TPSA) is 81.2 Å². The van der Waals surface area contributed by atoms with E-state index in [1.165, 1.54) is 14.2 Å². The van der Waals surface area contributed by atoms with Crippen molar-refractivity contribution in [3.8, 4) is 17.2 Å². The number of hydrogen-bond donors (Lipinski definition) is 0. The van der Waals surface area contributed by atoms with Gasteiger partial charge in [0.05, 0.1) is 38.5 Å². The molecule has 0 saturated heterocycles. The van der Waals surface area contributed by atoms with Gasteiger partial charge in [0.15, 0.2) is 11.5 Å². The first-order chi connectivity index (χ1) is 16.9. The fourth-order valence-electron chi connectivity index (χ4n) is 4.62. The molecule has 182 valence electrons. The SMILES string of the molecule is CCOc1ccccc1N(C)C(=O)[C@@H]1c2cc(OC)c(OC)cc2C(=O)N(C)[C@H]1c1cccnc1. The van der Waals surface area contributed by atoms with E-state index in [0.29, 0.717) is 40.7 Å². The molecular weight excluding hydrogens is 446 g/mol. The number of pyridine rings is 1. The molecule has 8 heteroatoms. The summed E-state index contributed by atoms with van der Waals surface area (Å²) in [5, 5.41) is 0. The van der Waals surface area contributed by atoms with Crippen LogP contribution in [-0.4, -0.2) is 56.6 Å². The number of rotatable bonds is 7. The van der Waals surface area contributed by atoms with E-state index in [-0.39, 0.29) is 11.8 Å². The van der Waals surface area contributed by atoms with Crippen LogP contribution in [0.15, 0.2) is 60.9 Å². The van der Waals surface area contributed by atoms with Crippen LogP contribution in [-0.2, 0) is 4.79 Å². The Morgan fingerprint density at radius 3 is 2.43 bits per heavy atom. The van der Waals surface area contributed by atoms with Crippen molar-refractivity contribution in [3.63, 3.8) is 0 Å². The Labute approximate surface area is 205 Å². The van der Waals surface area contributed by atoms with Gasteiger partial charge in [-0.2, -0.15) is 0 Å². The number of nitrogens with zero attached hydrogens (tertiary/aromatic N) is 3. The summed E-state index contributed by atoms with van der Waals surface area (Å²) >= 11 is 0. The molecule has 1 aromatic heterocycles. The van der Waals surface area contributed by atoms with Crippen molar-refractivity contribution < 1.29 is 23.8 Å². The van der Waals surface area contributed by atoms with E-state index in [9.17, 15) is 9.59 Å². The minimum Gasteiger partial charge on any atom is -0.493 e. The normalized spacial score (nSPS) is 16.9. The standard InChI is InChI=1S/C27H29N3O5/c1-6-35-21-12-8-7-11-20(21)29(2)27(32)24-18-14-22(33-4)23(34-5)15-19(18)26(31)30(3)25(24)17-10-9-13-28-16-17/h7-16,24-25H,6H2,1-5H3/t24-,25+/m1/s1. The summed E-state index contributed by atoms with van der Waals surface area (Å²) in [7, 11) is 6.47. The van der Waals surface area contributed by atoms with Crippen LogP contribution in [0.4, 0.5) is 5.69 Å². The van der Waals surface area contributed by atoms with Gasteiger partial charge < -0.3 is 24.0 Å². The first-order valence-corrected chi connectivity index (χ1v) is 11.3. The van der Waals surface area contributed by atoms with Crippen LogP contribution in [0, 0.1) is 0 Å². The highest BCUT2D eigenvalue weighted by atomic mass is 16.5. The van der Waals surface area contributed by atoms with E-state index in [1.807, 2.05) is 37.3 Å². The number of methoxy groups -OCH3 is 2. The van der Waals surface area contributed by atoms with E-state index in [0.717, 1.165) is 5.56 Å². The third kappa shape index (κ3) is 4.27. The van der Waals surface area contributed by atoms with Crippen molar-refractivity contribution >= 4 is 17.5 Å². The van der Waals surface area contributed by atoms with Gasteiger partial charge in [0.1, 0.15) is 5.75 Å². The predicted octanol–water partition coefficient (Wildman–Crippen LogP) is 4.07. The number of para-hydroxylation sites is 2. The Morgan fingerprint density at radius 1 is 1.06 bits per heavy atom. The van der Waals surface area contributed by atoms with Crippen LogP contribution in [0.5, 0.6) is 17.2 Å². The van der Waals surface area contributed by atoms with Gasteiger partial charge in [0.2, 0.25) is 5.91 Å². The zero-order chi connectivity index (χ0) is 25.1. The lowest BCUT2D eigenvalue weighted by molar-refractivity contribution is -0.121.